The topological polar surface area (TPSA) is 42.0 Å². The molecule has 124 valence electrons. The smallest absolute Gasteiger partial charge is 0.251 e. The molecule has 1 N–H and O–H groups in total. The van der Waals surface area contributed by atoms with Crippen molar-refractivity contribution < 1.29 is 4.79 Å². The molecule has 4 rings (SSSR count). The van der Waals surface area contributed by atoms with Crippen LogP contribution in [0.5, 0.6) is 0 Å². The Bertz CT molecular complexity index is 701. The molecule has 3 nitrogen and oxygen atoms in total. The lowest BCUT2D eigenvalue weighted by Gasteiger charge is -2.22. The molecule has 2 saturated carbocycles. The minimum absolute atomic E-state index is 0.0801. The second-order valence-electron chi connectivity index (χ2n) is 6.91. The number of aromatic nitrogens is 1. The molecule has 2 bridgehead atoms. The molecule has 24 heavy (non-hydrogen) atoms. The molecule has 0 spiro atoms. The van der Waals surface area contributed by atoms with Crippen LogP contribution in [0.25, 0.3) is 0 Å². The van der Waals surface area contributed by atoms with Gasteiger partial charge in [0.1, 0.15) is 0 Å². The van der Waals surface area contributed by atoms with Crippen LogP contribution in [-0.2, 0) is 5.75 Å². The van der Waals surface area contributed by atoms with E-state index in [4.69, 9.17) is 0 Å². The van der Waals surface area contributed by atoms with Crippen molar-refractivity contribution in [1.29, 1.82) is 0 Å². The van der Waals surface area contributed by atoms with E-state index in [9.17, 15) is 4.79 Å². The van der Waals surface area contributed by atoms with Crippen LogP contribution < -0.4 is 5.32 Å². The maximum atomic E-state index is 12.4. The van der Waals surface area contributed by atoms with Crippen LogP contribution in [0.15, 0.2) is 53.7 Å². The molecule has 0 unspecified atom stereocenters. The number of nitrogens with one attached hydrogen (secondary N) is 1. The molecule has 3 atom stereocenters. The number of carbonyl (C=O) groups excluding carboxylic acids is 1. The third-order valence-electron chi connectivity index (χ3n) is 5.30. The highest BCUT2D eigenvalue weighted by Gasteiger charge is 2.40. The molecule has 0 radical (unpaired) electrons. The summed E-state index contributed by atoms with van der Waals surface area (Å²) in [6, 6.07) is 14.3. The van der Waals surface area contributed by atoms with E-state index < -0.39 is 0 Å². The Morgan fingerprint density at radius 1 is 1.12 bits per heavy atom. The number of thioether (sulfide) groups is 1. The largest absolute Gasteiger partial charge is 0.349 e. The van der Waals surface area contributed by atoms with E-state index in [0.717, 1.165) is 22.3 Å². The maximum Gasteiger partial charge on any atom is 0.251 e. The SMILES string of the molecule is O=C(N[C@@H]1C[C@@H]2CC[C@H]1C2)c1ccc(CSc2ccccn2)cc1. The number of benzene rings is 1. The average Bonchev–Trinajstić information content (AvgIpc) is 3.24. The van der Waals surface area contributed by atoms with Crippen LogP contribution in [0.1, 0.15) is 41.6 Å². The summed E-state index contributed by atoms with van der Waals surface area (Å²) >= 11 is 1.71. The summed E-state index contributed by atoms with van der Waals surface area (Å²) in [6.07, 6.45) is 6.95. The predicted octanol–water partition coefficient (Wildman–Crippen LogP) is 4.29. The Kier molecular flexibility index (Phi) is 4.56. The Morgan fingerprint density at radius 2 is 2.00 bits per heavy atom. The number of carbonyl (C=O) groups is 1. The Morgan fingerprint density at radius 3 is 2.67 bits per heavy atom. The Hall–Kier alpha value is -1.81. The molecule has 1 aromatic carbocycles. The van der Waals surface area contributed by atoms with Gasteiger partial charge in [-0.25, -0.2) is 4.98 Å². The third kappa shape index (κ3) is 3.48. The monoisotopic (exact) mass is 338 g/mol. The summed E-state index contributed by atoms with van der Waals surface area (Å²) in [6.45, 7) is 0. The predicted molar refractivity (Wildman–Crippen MR) is 96.9 cm³/mol. The molecule has 1 aromatic heterocycles. The van der Waals surface area contributed by atoms with Gasteiger partial charge in [-0.05, 0) is 60.9 Å². The molecule has 1 amide bonds. The van der Waals surface area contributed by atoms with Crippen molar-refractivity contribution in [2.45, 2.75) is 42.5 Å². The average molecular weight is 338 g/mol. The molecule has 1 heterocycles. The fraction of sp³-hybridized carbons (Fsp3) is 0.400. The molecular formula is C20H22N2OS. The van der Waals surface area contributed by atoms with Crippen molar-refractivity contribution in [1.82, 2.24) is 10.3 Å². The Balaban J connectivity index is 1.32. The molecule has 2 aliphatic carbocycles. The van der Waals surface area contributed by atoms with Crippen LogP contribution >= 0.6 is 11.8 Å². The lowest BCUT2D eigenvalue weighted by Crippen LogP contribution is -2.38. The number of pyridine rings is 1. The second kappa shape index (κ2) is 6.98. The molecule has 0 aliphatic heterocycles. The van der Waals surface area contributed by atoms with Crippen LogP contribution in [0, 0.1) is 11.8 Å². The van der Waals surface area contributed by atoms with Crippen molar-refractivity contribution in [2.75, 3.05) is 0 Å². The summed E-state index contributed by atoms with van der Waals surface area (Å²) < 4.78 is 0. The molecule has 2 aliphatic rings. The van der Waals surface area contributed by atoms with E-state index in [1.54, 1.807) is 11.8 Å². The van der Waals surface area contributed by atoms with Gasteiger partial charge in [-0.2, -0.15) is 0 Å². The van der Waals surface area contributed by atoms with E-state index in [-0.39, 0.29) is 5.91 Å². The van der Waals surface area contributed by atoms with Gasteiger partial charge < -0.3 is 5.32 Å². The van der Waals surface area contributed by atoms with Gasteiger partial charge >= 0.3 is 0 Å². The van der Waals surface area contributed by atoms with E-state index >= 15 is 0 Å². The number of fused-ring (bicyclic) bond motifs is 2. The fourth-order valence-electron chi connectivity index (χ4n) is 4.02. The zero-order valence-electron chi connectivity index (χ0n) is 13.7. The first-order chi connectivity index (χ1) is 11.8. The van der Waals surface area contributed by atoms with Gasteiger partial charge in [0.25, 0.3) is 5.91 Å². The fourth-order valence-corrected chi connectivity index (χ4v) is 4.83. The Labute approximate surface area is 147 Å². The standard InChI is InChI=1S/C20H22N2OS/c23-20(22-18-12-15-6-9-17(18)11-15)16-7-4-14(5-8-16)13-24-19-3-1-2-10-21-19/h1-5,7-8,10,15,17-18H,6,9,11-13H2,(H,22,23)/t15-,17+,18-/m1/s1. The number of nitrogens with zero attached hydrogens (tertiary/aromatic N) is 1. The molecule has 0 saturated heterocycles. The summed E-state index contributed by atoms with van der Waals surface area (Å²) in [5.74, 6) is 2.52. The number of amides is 1. The van der Waals surface area contributed by atoms with Gasteiger partial charge in [-0.1, -0.05) is 24.6 Å². The van der Waals surface area contributed by atoms with Gasteiger partial charge in [0.15, 0.2) is 0 Å². The van der Waals surface area contributed by atoms with Crippen molar-refractivity contribution >= 4 is 17.7 Å². The van der Waals surface area contributed by atoms with Crippen molar-refractivity contribution in [3.8, 4) is 0 Å². The third-order valence-corrected chi connectivity index (χ3v) is 6.31. The zero-order chi connectivity index (χ0) is 16.4. The summed E-state index contributed by atoms with van der Waals surface area (Å²) in [4.78, 5) is 16.8. The van der Waals surface area contributed by atoms with Crippen molar-refractivity contribution in [3.63, 3.8) is 0 Å². The minimum atomic E-state index is 0.0801. The van der Waals surface area contributed by atoms with Crippen LogP contribution in [0.3, 0.4) is 0 Å². The van der Waals surface area contributed by atoms with E-state index in [1.807, 2.05) is 48.7 Å². The van der Waals surface area contributed by atoms with E-state index in [0.29, 0.717) is 12.0 Å². The highest BCUT2D eigenvalue weighted by molar-refractivity contribution is 7.98. The van der Waals surface area contributed by atoms with Crippen LogP contribution in [0.2, 0.25) is 0 Å². The first-order valence-corrected chi connectivity index (χ1v) is 9.70. The highest BCUT2D eigenvalue weighted by atomic mass is 32.2. The highest BCUT2D eigenvalue weighted by Crippen LogP contribution is 2.44. The number of rotatable bonds is 5. The number of hydrogen-bond donors (Lipinski definition) is 1. The lowest BCUT2D eigenvalue weighted by molar-refractivity contribution is 0.0923. The van der Waals surface area contributed by atoms with Gasteiger partial charge in [-0.15, -0.1) is 11.8 Å². The maximum absolute atomic E-state index is 12.4. The number of hydrogen-bond acceptors (Lipinski definition) is 3. The molecular weight excluding hydrogens is 316 g/mol. The first-order valence-electron chi connectivity index (χ1n) is 8.71. The first kappa shape index (κ1) is 15.7. The van der Waals surface area contributed by atoms with E-state index in [1.165, 1.54) is 31.2 Å². The van der Waals surface area contributed by atoms with Gasteiger partial charge in [0.05, 0.1) is 5.03 Å². The molecule has 4 heteroatoms. The van der Waals surface area contributed by atoms with Crippen molar-refractivity contribution in [2.24, 2.45) is 11.8 Å². The summed E-state index contributed by atoms with van der Waals surface area (Å²) in [5.41, 5.74) is 1.98. The van der Waals surface area contributed by atoms with Crippen LogP contribution in [0.4, 0.5) is 0 Å². The lowest BCUT2D eigenvalue weighted by atomic mass is 9.95. The van der Waals surface area contributed by atoms with Gasteiger partial charge in [0.2, 0.25) is 0 Å². The summed E-state index contributed by atoms with van der Waals surface area (Å²) in [7, 11) is 0. The van der Waals surface area contributed by atoms with Crippen LogP contribution in [-0.4, -0.2) is 16.9 Å². The molecule has 2 fully saturated rings. The van der Waals surface area contributed by atoms with E-state index in [2.05, 4.69) is 10.3 Å². The van der Waals surface area contributed by atoms with Crippen molar-refractivity contribution in [3.05, 3.63) is 59.8 Å². The summed E-state index contributed by atoms with van der Waals surface area (Å²) in [5, 5.41) is 4.27. The zero-order valence-corrected chi connectivity index (χ0v) is 14.5. The normalized spacial score (nSPS) is 24.9. The van der Waals surface area contributed by atoms with Gasteiger partial charge in [0, 0.05) is 23.6 Å². The van der Waals surface area contributed by atoms with Gasteiger partial charge in [-0.3, -0.25) is 4.79 Å². The minimum Gasteiger partial charge on any atom is -0.349 e. The molecule has 2 aromatic rings. The quantitative estimate of drug-likeness (QED) is 0.827. The second-order valence-corrected chi connectivity index (χ2v) is 7.90.